The fraction of sp³-hybridized carbons (Fsp3) is 0.250. The highest BCUT2D eigenvalue weighted by Crippen LogP contribution is 2.29. The van der Waals surface area contributed by atoms with E-state index in [1.165, 1.54) is 48.6 Å². The Morgan fingerprint density at radius 2 is 1.93 bits per heavy atom. The lowest BCUT2D eigenvalue weighted by Crippen LogP contribution is -2.33. The van der Waals surface area contributed by atoms with Gasteiger partial charge in [0.25, 0.3) is 11.5 Å². The Balaban J connectivity index is 1.80. The van der Waals surface area contributed by atoms with Gasteiger partial charge in [0.05, 0.1) is 12.8 Å². The van der Waals surface area contributed by atoms with E-state index in [0.29, 0.717) is 16.4 Å². The Kier molecular flexibility index (Phi) is 5.78. The Hall–Kier alpha value is -3.07. The smallest absolute Gasteiger partial charge is 0.270 e. The molecule has 0 aliphatic carbocycles. The summed E-state index contributed by atoms with van der Waals surface area (Å²) in [5.74, 6) is -3.45. The third kappa shape index (κ3) is 4.68. The van der Waals surface area contributed by atoms with Crippen LogP contribution in [-0.2, 0) is 10.7 Å². The molecule has 0 aliphatic heterocycles. The lowest BCUT2D eigenvalue weighted by atomic mass is 10.1. The van der Waals surface area contributed by atoms with Crippen LogP contribution in [0.1, 0.15) is 25.5 Å². The molecule has 6 nitrogen and oxygen atoms in total. The topological polar surface area (TPSA) is 73.2 Å². The maximum Gasteiger partial charge on any atom is 0.270 e. The molecular weight excluding hydrogens is 400 g/mol. The van der Waals surface area contributed by atoms with Gasteiger partial charge in [-0.25, -0.2) is 13.5 Å². The molecule has 9 heteroatoms. The molecule has 1 N–H and O–H groups in total. The normalized spacial score (nSPS) is 12.4. The predicted molar refractivity (Wildman–Crippen MR) is 108 cm³/mol. The number of aromatic nitrogens is 2. The molecule has 0 spiro atoms. The second-order valence-corrected chi connectivity index (χ2v) is 7.36. The number of nitrogens with one attached hydrogen (secondary N) is 1. The number of nitrogens with zero attached hydrogens (tertiary/aromatic N) is 2. The average Bonchev–Trinajstić information content (AvgIpc) is 3.17. The van der Waals surface area contributed by atoms with Gasteiger partial charge in [0.1, 0.15) is 6.04 Å². The van der Waals surface area contributed by atoms with Crippen LogP contribution in [0.2, 0.25) is 0 Å². The number of benzene rings is 1. The first kappa shape index (κ1) is 20.7. The number of anilines is 1. The lowest BCUT2D eigenvalue weighted by molar-refractivity contribution is -0.119. The van der Waals surface area contributed by atoms with Gasteiger partial charge in [-0.15, -0.1) is 11.3 Å². The van der Waals surface area contributed by atoms with Crippen molar-refractivity contribution in [2.75, 3.05) is 12.4 Å². The van der Waals surface area contributed by atoms with E-state index in [4.69, 9.17) is 4.74 Å². The maximum atomic E-state index is 13.3. The molecule has 1 atom stereocenters. The van der Waals surface area contributed by atoms with Crippen molar-refractivity contribution in [2.24, 2.45) is 0 Å². The van der Waals surface area contributed by atoms with Gasteiger partial charge in [0.15, 0.2) is 5.06 Å². The van der Waals surface area contributed by atoms with E-state index in [-0.39, 0.29) is 5.56 Å². The number of rotatable bonds is 6. The number of methoxy groups -OCH3 is 1. The summed E-state index contributed by atoms with van der Waals surface area (Å²) in [7, 11) is 1.56. The van der Waals surface area contributed by atoms with Crippen LogP contribution in [0.4, 0.5) is 14.5 Å². The number of carbonyl (C=O) groups is 1. The number of alkyl halides is 2. The SMILES string of the molecule is COc1cc(-c2ccc(=O)n(C(C)C(=O)Nc3ccc(C(C)(F)F)cc3)n2)cs1. The molecule has 0 saturated carbocycles. The van der Waals surface area contributed by atoms with Crippen LogP contribution in [0, 0.1) is 0 Å². The molecule has 2 heterocycles. The monoisotopic (exact) mass is 419 g/mol. The van der Waals surface area contributed by atoms with Crippen molar-refractivity contribution in [3.8, 4) is 16.3 Å². The van der Waals surface area contributed by atoms with E-state index in [1.807, 2.05) is 5.38 Å². The second-order valence-electron chi connectivity index (χ2n) is 6.49. The first-order chi connectivity index (χ1) is 13.7. The molecule has 0 saturated heterocycles. The van der Waals surface area contributed by atoms with Crippen LogP contribution in [0.5, 0.6) is 5.06 Å². The molecule has 2 aromatic heterocycles. The summed E-state index contributed by atoms with van der Waals surface area (Å²) >= 11 is 1.39. The zero-order chi connectivity index (χ0) is 21.2. The van der Waals surface area contributed by atoms with E-state index in [0.717, 1.165) is 17.2 Å². The molecule has 29 heavy (non-hydrogen) atoms. The minimum atomic E-state index is -2.96. The zero-order valence-corrected chi connectivity index (χ0v) is 16.8. The van der Waals surface area contributed by atoms with Crippen molar-refractivity contribution in [2.45, 2.75) is 25.8 Å². The molecule has 0 fully saturated rings. The van der Waals surface area contributed by atoms with Crippen LogP contribution in [0.25, 0.3) is 11.3 Å². The molecule has 152 valence electrons. The second kappa shape index (κ2) is 8.12. The summed E-state index contributed by atoms with van der Waals surface area (Å²) in [6.07, 6.45) is 0. The quantitative estimate of drug-likeness (QED) is 0.647. The predicted octanol–water partition coefficient (Wildman–Crippen LogP) is 4.29. The molecule has 0 bridgehead atoms. The summed E-state index contributed by atoms with van der Waals surface area (Å²) < 4.78 is 32.9. The van der Waals surface area contributed by atoms with Gasteiger partial charge in [0, 0.05) is 41.3 Å². The number of carbonyl (C=O) groups excluding carboxylic acids is 1. The van der Waals surface area contributed by atoms with Gasteiger partial charge < -0.3 is 10.1 Å². The Morgan fingerprint density at radius 1 is 1.24 bits per heavy atom. The van der Waals surface area contributed by atoms with E-state index < -0.39 is 23.4 Å². The summed E-state index contributed by atoms with van der Waals surface area (Å²) in [6.45, 7) is 2.34. The van der Waals surface area contributed by atoms with E-state index in [1.54, 1.807) is 19.2 Å². The highest BCUT2D eigenvalue weighted by Gasteiger charge is 2.24. The average molecular weight is 419 g/mol. The highest BCUT2D eigenvalue weighted by molar-refractivity contribution is 7.12. The van der Waals surface area contributed by atoms with Crippen molar-refractivity contribution in [3.05, 3.63) is 63.8 Å². The molecule has 3 rings (SSSR count). The van der Waals surface area contributed by atoms with Crippen molar-refractivity contribution in [3.63, 3.8) is 0 Å². The molecule has 0 aliphatic rings. The van der Waals surface area contributed by atoms with E-state index in [9.17, 15) is 18.4 Å². The zero-order valence-electron chi connectivity index (χ0n) is 16.0. The first-order valence-corrected chi connectivity index (χ1v) is 9.59. The number of hydrogen-bond donors (Lipinski definition) is 1. The number of ether oxygens (including phenoxy) is 1. The van der Waals surface area contributed by atoms with Crippen molar-refractivity contribution >= 4 is 22.9 Å². The molecule has 1 aromatic carbocycles. The summed E-state index contributed by atoms with van der Waals surface area (Å²) in [6, 6.07) is 9.07. The Bertz CT molecular complexity index is 1070. The van der Waals surface area contributed by atoms with Crippen molar-refractivity contribution < 1.29 is 18.3 Å². The Morgan fingerprint density at radius 3 is 2.52 bits per heavy atom. The fourth-order valence-corrected chi connectivity index (χ4v) is 3.34. The lowest BCUT2D eigenvalue weighted by Gasteiger charge is -2.15. The summed E-state index contributed by atoms with van der Waals surface area (Å²) in [4.78, 5) is 24.8. The molecule has 1 amide bonds. The minimum Gasteiger partial charge on any atom is -0.487 e. The number of thiophene rings is 1. The van der Waals surface area contributed by atoms with Gasteiger partial charge in [-0.1, -0.05) is 12.1 Å². The summed E-state index contributed by atoms with van der Waals surface area (Å²) in [5, 5.41) is 9.45. The van der Waals surface area contributed by atoms with E-state index >= 15 is 0 Å². The standard InChI is InChI=1S/C20H19F2N3O3S/c1-12(19(27)23-15-6-4-14(5-7-15)20(2,21)22)25-17(26)9-8-16(24-25)13-10-18(28-3)29-11-13/h4-12H,1-3H3,(H,23,27). The van der Waals surface area contributed by atoms with Crippen LogP contribution >= 0.6 is 11.3 Å². The third-order valence-electron chi connectivity index (χ3n) is 4.30. The summed E-state index contributed by atoms with van der Waals surface area (Å²) in [5.41, 5.74) is 1.06. The van der Waals surface area contributed by atoms with Crippen LogP contribution in [-0.4, -0.2) is 22.8 Å². The van der Waals surface area contributed by atoms with Crippen LogP contribution in [0.15, 0.2) is 52.6 Å². The Labute approximate surface area is 169 Å². The van der Waals surface area contributed by atoms with Gasteiger partial charge in [-0.05, 0) is 25.1 Å². The fourth-order valence-electron chi connectivity index (χ4n) is 2.62. The highest BCUT2D eigenvalue weighted by atomic mass is 32.1. The van der Waals surface area contributed by atoms with Crippen molar-refractivity contribution in [1.82, 2.24) is 9.78 Å². The van der Waals surface area contributed by atoms with Crippen molar-refractivity contribution in [1.29, 1.82) is 0 Å². The van der Waals surface area contributed by atoms with Crippen LogP contribution < -0.4 is 15.6 Å². The third-order valence-corrected chi connectivity index (χ3v) is 5.19. The maximum absolute atomic E-state index is 13.3. The van der Waals surface area contributed by atoms with Gasteiger partial charge in [-0.2, -0.15) is 5.10 Å². The number of halogens is 2. The van der Waals surface area contributed by atoms with E-state index in [2.05, 4.69) is 10.4 Å². The minimum absolute atomic E-state index is 0.152. The van der Waals surface area contributed by atoms with Gasteiger partial charge in [-0.3, -0.25) is 9.59 Å². The molecule has 0 radical (unpaired) electrons. The molecular formula is C20H19F2N3O3S. The number of hydrogen-bond acceptors (Lipinski definition) is 5. The largest absolute Gasteiger partial charge is 0.487 e. The molecule has 3 aromatic rings. The van der Waals surface area contributed by atoms with Gasteiger partial charge >= 0.3 is 0 Å². The van der Waals surface area contributed by atoms with Crippen LogP contribution in [0.3, 0.4) is 0 Å². The molecule has 1 unspecified atom stereocenters. The first-order valence-electron chi connectivity index (χ1n) is 8.71. The van der Waals surface area contributed by atoms with Gasteiger partial charge in [0.2, 0.25) is 5.91 Å². The number of amides is 1.